The third-order valence-corrected chi connectivity index (χ3v) is 4.52. The Balaban J connectivity index is 1.92. The van der Waals surface area contributed by atoms with Gasteiger partial charge in [-0.15, -0.1) is 0 Å². The largest absolute Gasteiger partial charge is 0.353 e. The lowest BCUT2D eigenvalue weighted by Crippen LogP contribution is -2.34. The van der Waals surface area contributed by atoms with Crippen LogP contribution in [-0.2, 0) is 0 Å². The summed E-state index contributed by atoms with van der Waals surface area (Å²) in [5.74, 6) is 3.24. The maximum atomic E-state index is 11.8. The Hall–Kier alpha value is -1.36. The third-order valence-electron chi connectivity index (χ3n) is 4.52. The molecule has 0 aromatic carbocycles. The van der Waals surface area contributed by atoms with Gasteiger partial charge >= 0.3 is 0 Å². The minimum absolute atomic E-state index is 0.0453. The van der Waals surface area contributed by atoms with Gasteiger partial charge < -0.3 is 15.2 Å². The van der Waals surface area contributed by atoms with Crippen molar-refractivity contribution in [2.24, 2.45) is 11.8 Å². The number of nitrogens with one attached hydrogen (secondary N) is 2. The number of hydrogen-bond acceptors (Lipinski definition) is 4. The van der Waals surface area contributed by atoms with E-state index in [1.54, 1.807) is 6.07 Å². The highest BCUT2D eigenvalue weighted by molar-refractivity contribution is 5.42. The molecule has 19 heavy (non-hydrogen) atoms. The molecule has 0 radical (unpaired) electrons. The van der Waals surface area contributed by atoms with Crippen LogP contribution >= 0.6 is 0 Å². The van der Waals surface area contributed by atoms with Crippen molar-refractivity contribution in [1.82, 2.24) is 15.3 Å². The zero-order valence-electron chi connectivity index (χ0n) is 11.8. The van der Waals surface area contributed by atoms with Crippen LogP contribution in [0.4, 0.5) is 5.82 Å². The van der Waals surface area contributed by atoms with Crippen LogP contribution in [0.2, 0.25) is 0 Å². The van der Waals surface area contributed by atoms with Crippen LogP contribution in [0.5, 0.6) is 0 Å². The molecule has 2 aliphatic heterocycles. The number of rotatable bonds is 2. The van der Waals surface area contributed by atoms with Crippen LogP contribution in [0.3, 0.4) is 0 Å². The van der Waals surface area contributed by atoms with Gasteiger partial charge in [0.25, 0.3) is 5.56 Å². The first-order valence-corrected chi connectivity index (χ1v) is 7.15. The number of anilines is 1. The van der Waals surface area contributed by atoms with E-state index in [1.165, 1.54) is 0 Å². The van der Waals surface area contributed by atoms with Gasteiger partial charge in [0.15, 0.2) is 0 Å². The van der Waals surface area contributed by atoms with E-state index in [4.69, 9.17) is 0 Å². The van der Waals surface area contributed by atoms with Gasteiger partial charge in [0, 0.05) is 37.7 Å². The first-order valence-electron chi connectivity index (χ1n) is 7.15. The van der Waals surface area contributed by atoms with Crippen molar-refractivity contribution >= 4 is 5.82 Å². The normalized spacial score (nSPS) is 30.1. The first kappa shape index (κ1) is 12.7. The maximum Gasteiger partial charge on any atom is 0.252 e. The minimum Gasteiger partial charge on any atom is -0.353 e. The second-order valence-electron chi connectivity index (χ2n) is 6.12. The SMILES string of the molecule is CC(C)c1nc(N2CC3CNCC3C2C)cc(=O)[nH]1. The quantitative estimate of drug-likeness (QED) is 0.832. The van der Waals surface area contributed by atoms with E-state index in [9.17, 15) is 4.79 Å². The van der Waals surface area contributed by atoms with Crippen LogP contribution in [0, 0.1) is 11.8 Å². The fraction of sp³-hybridized carbons (Fsp3) is 0.714. The summed E-state index contributed by atoms with van der Waals surface area (Å²) in [5, 5.41) is 3.45. The second-order valence-corrected chi connectivity index (χ2v) is 6.12. The molecule has 2 N–H and O–H groups in total. The predicted molar refractivity (Wildman–Crippen MR) is 75.6 cm³/mol. The van der Waals surface area contributed by atoms with Crippen molar-refractivity contribution < 1.29 is 0 Å². The Kier molecular flexibility index (Phi) is 3.09. The molecule has 0 spiro atoms. The van der Waals surface area contributed by atoms with Crippen molar-refractivity contribution in [1.29, 1.82) is 0 Å². The number of fused-ring (bicyclic) bond motifs is 1. The molecule has 2 saturated heterocycles. The molecular weight excluding hydrogens is 240 g/mol. The van der Waals surface area contributed by atoms with Gasteiger partial charge in [-0.3, -0.25) is 4.79 Å². The molecule has 0 bridgehead atoms. The van der Waals surface area contributed by atoms with Gasteiger partial charge in [-0.1, -0.05) is 13.8 Å². The molecule has 1 aromatic heterocycles. The van der Waals surface area contributed by atoms with E-state index in [1.807, 2.05) is 13.8 Å². The fourth-order valence-electron chi connectivity index (χ4n) is 3.35. The van der Waals surface area contributed by atoms with E-state index in [2.05, 4.69) is 27.1 Å². The molecule has 3 atom stereocenters. The van der Waals surface area contributed by atoms with E-state index in [-0.39, 0.29) is 11.5 Å². The first-order chi connectivity index (χ1) is 9.06. The number of nitrogens with zero attached hydrogens (tertiary/aromatic N) is 2. The van der Waals surface area contributed by atoms with Crippen LogP contribution in [0.25, 0.3) is 0 Å². The van der Waals surface area contributed by atoms with Crippen LogP contribution in [0.1, 0.15) is 32.5 Å². The van der Waals surface area contributed by atoms with Crippen molar-refractivity contribution in [3.8, 4) is 0 Å². The zero-order chi connectivity index (χ0) is 13.6. The van der Waals surface area contributed by atoms with E-state index < -0.39 is 0 Å². The molecule has 2 fully saturated rings. The molecular formula is C14H22N4O. The Labute approximate surface area is 113 Å². The summed E-state index contributed by atoms with van der Waals surface area (Å²) >= 11 is 0. The second kappa shape index (κ2) is 4.63. The van der Waals surface area contributed by atoms with Crippen molar-refractivity contribution in [2.75, 3.05) is 24.5 Å². The van der Waals surface area contributed by atoms with Crippen LogP contribution in [0.15, 0.2) is 10.9 Å². The van der Waals surface area contributed by atoms with Crippen LogP contribution in [-0.4, -0.2) is 35.6 Å². The summed E-state index contributed by atoms with van der Waals surface area (Å²) in [6.45, 7) is 9.53. The third kappa shape index (κ3) is 2.16. The topological polar surface area (TPSA) is 61.0 Å². The molecule has 104 valence electrons. The molecule has 3 heterocycles. The lowest BCUT2D eigenvalue weighted by atomic mass is 9.95. The summed E-state index contributed by atoms with van der Waals surface area (Å²) in [5.41, 5.74) is -0.0453. The van der Waals surface area contributed by atoms with Crippen LogP contribution < -0.4 is 15.8 Å². The molecule has 3 unspecified atom stereocenters. The van der Waals surface area contributed by atoms with E-state index in [0.717, 1.165) is 31.3 Å². The average molecular weight is 262 g/mol. The molecule has 0 saturated carbocycles. The van der Waals surface area contributed by atoms with Gasteiger partial charge in [0.05, 0.1) is 0 Å². The van der Waals surface area contributed by atoms with Gasteiger partial charge in [-0.25, -0.2) is 4.98 Å². The maximum absolute atomic E-state index is 11.8. The Morgan fingerprint density at radius 1 is 1.42 bits per heavy atom. The lowest BCUT2D eigenvalue weighted by Gasteiger charge is -2.25. The summed E-state index contributed by atoms with van der Waals surface area (Å²) in [7, 11) is 0. The number of aromatic nitrogens is 2. The van der Waals surface area contributed by atoms with Gasteiger partial charge in [-0.05, 0) is 18.8 Å². The molecule has 1 aromatic rings. The minimum atomic E-state index is -0.0453. The fourth-order valence-corrected chi connectivity index (χ4v) is 3.35. The van der Waals surface area contributed by atoms with Gasteiger partial charge in [0.1, 0.15) is 11.6 Å². The standard InChI is InChI=1S/C14H22N4O/c1-8(2)14-16-12(4-13(19)17-14)18-7-10-5-15-6-11(10)9(18)3/h4,8-11,15H,5-7H2,1-3H3,(H,16,17,19). The summed E-state index contributed by atoms with van der Waals surface area (Å²) in [6, 6.07) is 2.09. The predicted octanol–water partition coefficient (Wildman–Crippen LogP) is 0.937. The van der Waals surface area contributed by atoms with Crippen molar-refractivity contribution in [2.45, 2.75) is 32.7 Å². The van der Waals surface area contributed by atoms with Gasteiger partial charge in [-0.2, -0.15) is 0 Å². The molecule has 5 nitrogen and oxygen atoms in total. The summed E-state index contributed by atoms with van der Waals surface area (Å²) in [6.07, 6.45) is 0. The lowest BCUT2D eigenvalue weighted by molar-refractivity contribution is 0.471. The molecule has 0 aliphatic carbocycles. The molecule has 2 aliphatic rings. The number of H-pyrrole nitrogens is 1. The molecule has 0 amide bonds. The highest BCUT2D eigenvalue weighted by Crippen LogP contribution is 2.34. The smallest absolute Gasteiger partial charge is 0.252 e. The van der Waals surface area contributed by atoms with Gasteiger partial charge in [0.2, 0.25) is 0 Å². The highest BCUT2D eigenvalue weighted by Gasteiger charge is 2.42. The van der Waals surface area contributed by atoms with E-state index in [0.29, 0.717) is 17.9 Å². The van der Waals surface area contributed by atoms with Crippen molar-refractivity contribution in [3.63, 3.8) is 0 Å². The average Bonchev–Trinajstić information content (AvgIpc) is 2.92. The number of hydrogen-bond donors (Lipinski definition) is 2. The summed E-state index contributed by atoms with van der Waals surface area (Å²) in [4.78, 5) is 21.6. The Bertz CT molecular complexity index is 524. The molecule has 3 rings (SSSR count). The Morgan fingerprint density at radius 3 is 2.89 bits per heavy atom. The number of aromatic amines is 1. The zero-order valence-corrected chi connectivity index (χ0v) is 11.8. The monoisotopic (exact) mass is 262 g/mol. The summed E-state index contributed by atoms with van der Waals surface area (Å²) < 4.78 is 0. The highest BCUT2D eigenvalue weighted by atomic mass is 16.1. The van der Waals surface area contributed by atoms with E-state index >= 15 is 0 Å². The van der Waals surface area contributed by atoms with Crippen molar-refractivity contribution in [3.05, 3.63) is 22.2 Å². The Morgan fingerprint density at radius 2 is 2.21 bits per heavy atom. The molecule has 5 heteroatoms.